The second-order valence-electron chi connectivity index (χ2n) is 4.55. The fourth-order valence-corrected chi connectivity index (χ4v) is 2.11. The lowest BCUT2D eigenvalue weighted by atomic mass is 9.78. The second kappa shape index (κ2) is 6.90. The average molecular weight is 249 g/mol. The van der Waals surface area contributed by atoms with Crippen molar-refractivity contribution in [3.8, 4) is 0 Å². The van der Waals surface area contributed by atoms with E-state index >= 15 is 0 Å². The molecule has 0 atom stereocenters. The van der Waals surface area contributed by atoms with Crippen molar-refractivity contribution in [2.75, 3.05) is 39.5 Å². The topological polar surface area (TPSA) is 41.9 Å². The van der Waals surface area contributed by atoms with Crippen LogP contribution in [0.3, 0.4) is 0 Å². The lowest BCUT2D eigenvalue weighted by Crippen LogP contribution is -2.45. The zero-order valence-corrected chi connectivity index (χ0v) is 10.8. The second-order valence-corrected chi connectivity index (χ2v) is 4.55. The lowest BCUT2D eigenvalue weighted by molar-refractivity contribution is 0.103. The molecule has 5 heteroatoms. The van der Waals surface area contributed by atoms with Crippen molar-refractivity contribution in [2.24, 2.45) is 0 Å². The molecule has 0 bridgehead atoms. The Kier molecular flexibility index (Phi) is 5.19. The van der Waals surface area contributed by atoms with Gasteiger partial charge in [0.25, 0.3) is 0 Å². The van der Waals surface area contributed by atoms with E-state index in [9.17, 15) is 0 Å². The van der Waals surface area contributed by atoms with Crippen LogP contribution >= 0.6 is 0 Å². The first-order chi connectivity index (χ1) is 8.79. The molecule has 0 aromatic heterocycles. The highest BCUT2D eigenvalue weighted by Crippen LogP contribution is 2.01. The maximum absolute atomic E-state index is 8.92. The molecule has 0 spiro atoms. The normalized spacial score (nSPS) is 18.4. The molecule has 0 unspecified atom stereocenters. The van der Waals surface area contributed by atoms with Gasteiger partial charge in [0, 0.05) is 32.8 Å². The number of β-amino-alcohol motifs (C(OH)–C–C–N with tert-alkyl or cyclic N) is 1. The standard InChI is InChI=1S/C13H20BNO3/c1-12-3-2-4-13(11-12)14-17-9-6-15(5-8-16)7-10-18-14/h2-4,11,16H,5-10H2,1H3. The third-order valence-corrected chi connectivity index (χ3v) is 3.08. The SMILES string of the molecule is Cc1cccc(B2OCCN(CCO)CCO2)c1. The minimum absolute atomic E-state index is 0.182. The van der Waals surface area contributed by atoms with Gasteiger partial charge in [0.1, 0.15) is 0 Å². The summed E-state index contributed by atoms with van der Waals surface area (Å²) >= 11 is 0. The average Bonchev–Trinajstić information content (AvgIpc) is 2.32. The van der Waals surface area contributed by atoms with Crippen LogP contribution in [0.1, 0.15) is 5.56 Å². The van der Waals surface area contributed by atoms with Crippen LogP contribution in [0.25, 0.3) is 0 Å². The summed E-state index contributed by atoms with van der Waals surface area (Å²) in [7, 11) is -0.263. The molecule has 1 aromatic rings. The smallest absolute Gasteiger partial charge is 0.406 e. The molecule has 1 aliphatic heterocycles. The van der Waals surface area contributed by atoms with Crippen LogP contribution in [0.4, 0.5) is 0 Å². The predicted molar refractivity (Wildman–Crippen MR) is 72.0 cm³/mol. The van der Waals surface area contributed by atoms with Gasteiger partial charge < -0.3 is 14.4 Å². The van der Waals surface area contributed by atoms with E-state index in [0.29, 0.717) is 19.8 Å². The van der Waals surface area contributed by atoms with Crippen molar-refractivity contribution in [3.05, 3.63) is 29.8 Å². The molecule has 0 saturated carbocycles. The minimum atomic E-state index is -0.263. The summed E-state index contributed by atoms with van der Waals surface area (Å²) in [5.41, 5.74) is 2.29. The van der Waals surface area contributed by atoms with E-state index in [1.165, 1.54) is 5.56 Å². The first-order valence-electron chi connectivity index (χ1n) is 6.42. The number of hydrogen-bond acceptors (Lipinski definition) is 4. The van der Waals surface area contributed by atoms with Crippen molar-refractivity contribution in [1.29, 1.82) is 0 Å². The number of aliphatic hydroxyl groups excluding tert-OH is 1. The van der Waals surface area contributed by atoms with E-state index < -0.39 is 0 Å². The molecule has 0 aliphatic carbocycles. The third kappa shape index (κ3) is 3.81. The molecule has 1 aromatic carbocycles. The summed E-state index contributed by atoms with van der Waals surface area (Å²) < 4.78 is 11.5. The molecule has 98 valence electrons. The zero-order valence-electron chi connectivity index (χ0n) is 10.8. The van der Waals surface area contributed by atoms with Gasteiger partial charge >= 0.3 is 7.12 Å². The Bertz CT molecular complexity index is 365. The van der Waals surface area contributed by atoms with Gasteiger partial charge in [-0.2, -0.15) is 0 Å². The minimum Gasteiger partial charge on any atom is -0.406 e. The third-order valence-electron chi connectivity index (χ3n) is 3.08. The van der Waals surface area contributed by atoms with Crippen LogP contribution in [0.2, 0.25) is 0 Å². The maximum Gasteiger partial charge on any atom is 0.493 e. The Morgan fingerprint density at radius 1 is 1.28 bits per heavy atom. The summed E-state index contributed by atoms with van der Waals surface area (Å²) in [5.74, 6) is 0. The van der Waals surface area contributed by atoms with E-state index in [0.717, 1.165) is 18.6 Å². The van der Waals surface area contributed by atoms with Crippen LogP contribution < -0.4 is 5.46 Å². The van der Waals surface area contributed by atoms with Crippen LogP contribution in [0.5, 0.6) is 0 Å². The Morgan fingerprint density at radius 3 is 2.61 bits per heavy atom. The summed E-state index contributed by atoms with van der Waals surface area (Å²) in [4.78, 5) is 2.15. The van der Waals surface area contributed by atoms with Crippen molar-refractivity contribution < 1.29 is 14.4 Å². The highest BCUT2D eigenvalue weighted by atomic mass is 16.6. The van der Waals surface area contributed by atoms with Crippen LogP contribution in [-0.2, 0) is 9.31 Å². The molecule has 1 heterocycles. The van der Waals surface area contributed by atoms with Gasteiger partial charge in [-0.15, -0.1) is 0 Å². The molecule has 1 saturated heterocycles. The van der Waals surface area contributed by atoms with Gasteiger partial charge in [0.2, 0.25) is 0 Å². The summed E-state index contributed by atoms with van der Waals surface area (Å²) in [6.07, 6.45) is 0. The highest BCUT2D eigenvalue weighted by Gasteiger charge is 2.23. The highest BCUT2D eigenvalue weighted by molar-refractivity contribution is 6.61. The van der Waals surface area contributed by atoms with Crippen LogP contribution in [0.15, 0.2) is 24.3 Å². The van der Waals surface area contributed by atoms with Gasteiger partial charge in [-0.05, 0) is 12.4 Å². The van der Waals surface area contributed by atoms with E-state index in [2.05, 4.69) is 24.0 Å². The molecule has 4 nitrogen and oxygen atoms in total. The zero-order chi connectivity index (χ0) is 12.8. The number of rotatable bonds is 3. The first kappa shape index (κ1) is 13.6. The molecule has 2 rings (SSSR count). The predicted octanol–water partition coefficient (Wildman–Crippen LogP) is 0.0313. The number of hydrogen-bond donors (Lipinski definition) is 1. The fraction of sp³-hybridized carbons (Fsp3) is 0.538. The molecule has 1 aliphatic rings. The molecule has 18 heavy (non-hydrogen) atoms. The van der Waals surface area contributed by atoms with Crippen molar-refractivity contribution in [1.82, 2.24) is 4.90 Å². The Labute approximate surface area is 109 Å². The molecule has 1 N–H and O–H groups in total. The molecular formula is C13H20BNO3. The number of nitrogens with zero attached hydrogens (tertiary/aromatic N) is 1. The Balaban J connectivity index is 1.93. The Morgan fingerprint density at radius 2 is 2.00 bits per heavy atom. The van der Waals surface area contributed by atoms with E-state index in [1.54, 1.807) is 0 Å². The van der Waals surface area contributed by atoms with Crippen molar-refractivity contribution >= 4 is 12.6 Å². The molecular weight excluding hydrogens is 229 g/mol. The number of aliphatic hydroxyl groups is 1. The van der Waals surface area contributed by atoms with Gasteiger partial charge in [0.05, 0.1) is 6.61 Å². The lowest BCUT2D eigenvalue weighted by Gasteiger charge is -2.26. The molecule has 0 radical (unpaired) electrons. The summed E-state index contributed by atoms with van der Waals surface area (Å²) in [5, 5.41) is 8.92. The number of benzene rings is 1. The van der Waals surface area contributed by atoms with Crippen molar-refractivity contribution in [2.45, 2.75) is 6.92 Å². The van der Waals surface area contributed by atoms with Gasteiger partial charge in [-0.25, -0.2) is 0 Å². The van der Waals surface area contributed by atoms with E-state index in [1.807, 2.05) is 12.1 Å². The summed E-state index contributed by atoms with van der Waals surface area (Å²) in [6.45, 7) is 5.86. The quantitative estimate of drug-likeness (QED) is 0.767. The number of aryl methyl sites for hydroxylation is 1. The van der Waals surface area contributed by atoms with Gasteiger partial charge in [0.15, 0.2) is 0 Å². The van der Waals surface area contributed by atoms with E-state index in [-0.39, 0.29) is 13.7 Å². The van der Waals surface area contributed by atoms with Crippen molar-refractivity contribution in [3.63, 3.8) is 0 Å². The Hall–Kier alpha value is -0.875. The van der Waals surface area contributed by atoms with Crippen LogP contribution in [-0.4, -0.2) is 56.6 Å². The molecule has 0 amide bonds. The maximum atomic E-state index is 8.92. The monoisotopic (exact) mass is 249 g/mol. The van der Waals surface area contributed by atoms with Crippen LogP contribution in [0, 0.1) is 6.92 Å². The molecule has 1 fully saturated rings. The fourth-order valence-electron chi connectivity index (χ4n) is 2.11. The summed E-state index contributed by atoms with van der Waals surface area (Å²) in [6, 6.07) is 8.21. The first-order valence-corrected chi connectivity index (χ1v) is 6.42. The van der Waals surface area contributed by atoms with Gasteiger partial charge in [-0.3, -0.25) is 4.90 Å². The van der Waals surface area contributed by atoms with Gasteiger partial charge in [-0.1, -0.05) is 29.8 Å². The largest absolute Gasteiger partial charge is 0.493 e. The van der Waals surface area contributed by atoms with E-state index in [4.69, 9.17) is 14.4 Å².